The first-order chi connectivity index (χ1) is 8.04. The Bertz CT molecular complexity index is 184. The van der Waals surface area contributed by atoms with Crippen LogP contribution in [-0.2, 0) is 0 Å². The summed E-state index contributed by atoms with van der Waals surface area (Å²) in [6.07, 6.45) is 9.86. The quantitative estimate of drug-likeness (QED) is 0.667. The van der Waals surface area contributed by atoms with Crippen LogP contribution in [0.4, 0.5) is 0 Å². The minimum absolute atomic E-state index is 0.527. The van der Waals surface area contributed by atoms with Crippen LogP contribution in [0.15, 0.2) is 0 Å². The summed E-state index contributed by atoms with van der Waals surface area (Å²) >= 11 is 0. The van der Waals surface area contributed by atoms with E-state index in [1.807, 2.05) is 0 Å². The molecule has 0 radical (unpaired) electrons. The SMILES string of the molecule is CCCCCNCC1CCC(C(C)(C)C)CC1. The van der Waals surface area contributed by atoms with E-state index in [-0.39, 0.29) is 0 Å². The first kappa shape index (κ1) is 15.0. The van der Waals surface area contributed by atoms with Gasteiger partial charge in [-0.15, -0.1) is 0 Å². The zero-order valence-electron chi connectivity index (χ0n) is 12.5. The standard InChI is InChI=1S/C16H33N/c1-5-6-7-12-17-13-14-8-10-15(11-9-14)16(2,3)4/h14-15,17H,5-13H2,1-4H3. The third-order valence-corrected chi connectivity index (χ3v) is 4.46. The van der Waals surface area contributed by atoms with Crippen molar-refractivity contribution < 1.29 is 0 Å². The van der Waals surface area contributed by atoms with Crippen LogP contribution in [0.1, 0.15) is 72.6 Å². The second kappa shape index (κ2) is 7.41. The van der Waals surface area contributed by atoms with Gasteiger partial charge < -0.3 is 5.32 Å². The van der Waals surface area contributed by atoms with Gasteiger partial charge in [0.2, 0.25) is 0 Å². The number of nitrogens with one attached hydrogen (secondary N) is 1. The van der Waals surface area contributed by atoms with Crippen LogP contribution in [0, 0.1) is 17.3 Å². The molecule has 0 aromatic carbocycles. The number of rotatable bonds is 6. The van der Waals surface area contributed by atoms with E-state index in [2.05, 4.69) is 33.0 Å². The Hall–Kier alpha value is -0.0400. The van der Waals surface area contributed by atoms with Crippen molar-refractivity contribution in [1.29, 1.82) is 0 Å². The molecule has 1 rings (SSSR count). The van der Waals surface area contributed by atoms with Gasteiger partial charge in [0, 0.05) is 0 Å². The average molecular weight is 239 g/mol. The fourth-order valence-electron chi connectivity index (χ4n) is 3.04. The Kier molecular flexibility index (Phi) is 6.54. The Morgan fingerprint density at radius 3 is 2.18 bits per heavy atom. The highest BCUT2D eigenvalue weighted by atomic mass is 14.9. The Balaban J connectivity index is 2.07. The summed E-state index contributed by atoms with van der Waals surface area (Å²) in [6.45, 7) is 12.0. The first-order valence-electron chi connectivity index (χ1n) is 7.74. The lowest BCUT2D eigenvalue weighted by Gasteiger charge is -2.37. The summed E-state index contributed by atoms with van der Waals surface area (Å²) in [5.74, 6) is 1.91. The van der Waals surface area contributed by atoms with Crippen molar-refractivity contribution in [2.75, 3.05) is 13.1 Å². The first-order valence-corrected chi connectivity index (χ1v) is 7.74. The largest absolute Gasteiger partial charge is 0.316 e. The van der Waals surface area contributed by atoms with Gasteiger partial charge in [0.1, 0.15) is 0 Å². The van der Waals surface area contributed by atoms with Gasteiger partial charge in [0.15, 0.2) is 0 Å². The van der Waals surface area contributed by atoms with Crippen molar-refractivity contribution in [3.63, 3.8) is 0 Å². The Morgan fingerprint density at radius 2 is 1.65 bits per heavy atom. The number of hydrogen-bond donors (Lipinski definition) is 1. The molecule has 0 atom stereocenters. The Labute approximate surface area is 109 Å². The van der Waals surface area contributed by atoms with Crippen molar-refractivity contribution in [2.24, 2.45) is 17.3 Å². The van der Waals surface area contributed by atoms with Crippen LogP contribution >= 0.6 is 0 Å². The van der Waals surface area contributed by atoms with E-state index in [1.54, 1.807) is 0 Å². The van der Waals surface area contributed by atoms with Gasteiger partial charge in [0.05, 0.1) is 0 Å². The number of hydrogen-bond acceptors (Lipinski definition) is 1. The third-order valence-electron chi connectivity index (χ3n) is 4.46. The molecule has 0 saturated heterocycles. The predicted octanol–water partition coefficient (Wildman–Crippen LogP) is 4.62. The summed E-state index contributed by atoms with van der Waals surface area (Å²) in [5.41, 5.74) is 0.527. The molecule has 0 aromatic rings. The van der Waals surface area contributed by atoms with Gasteiger partial charge >= 0.3 is 0 Å². The summed E-state index contributed by atoms with van der Waals surface area (Å²) in [4.78, 5) is 0. The van der Waals surface area contributed by atoms with E-state index in [4.69, 9.17) is 0 Å². The van der Waals surface area contributed by atoms with E-state index >= 15 is 0 Å². The van der Waals surface area contributed by atoms with Gasteiger partial charge in [-0.05, 0) is 62.4 Å². The van der Waals surface area contributed by atoms with Gasteiger partial charge in [0.25, 0.3) is 0 Å². The molecule has 0 bridgehead atoms. The lowest BCUT2D eigenvalue weighted by Crippen LogP contribution is -2.31. The zero-order valence-corrected chi connectivity index (χ0v) is 12.5. The topological polar surface area (TPSA) is 12.0 Å². The molecule has 0 aliphatic heterocycles. The van der Waals surface area contributed by atoms with Crippen LogP contribution < -0.4 is 5.32 Å². The van der Waals surface area contributed by atoms with E-state index < -0.39 is 0 Å². The fourth-order valence-corrected chi connectivity index (χ4v) is 3.04. The third kappa shape index (κ3) is 5.90. The van der Waals surface area contributed by atoms with Crippen LogP contribution in [-0.4, -0.2) is 13.1 Å². The average Bonchev–Trinajstić information content (AvgIpc) is 2.28. The summed E-state index contributed by atoms with van der Waals surface area (Å²) < 4.78 is 0. The van der Waals surface area contributed by atoms with Gasteiger partial charge in [-0.1, -0.05) is 40.5 Å². The van der Waals surface area contributed by atoms with Crippen molar-refractivity contribution in [3.05, 3.63) is 0 Å². The molecule has 1 aliphatic carbocycles. The van der Waals surface area contributed by atoms with Crippen LogP contribution in [0.2, 0.25) is 0 Å². The van der Waals surface area contributed by atoms with Crippen LogP contribution in [0.3, 0.4) is 0 Å². The zero-order chi connectivity index (χ0) is 12.7. The molecule has 0 aromatic heterocycles. The maximum absolute atomic E-state index is 3.64. The van der Waals surface area contributed by atoms with Crippen molar-refractivity contribution in [1.82, 2.24) is 5.32 Å². The van der Waals surface area contributed by atoms with Gasteiger partial charge in [-0.25, -0.2) is 0 Å². The monoisotopic (exact) mass is 239 g/mol. The maximum Gasteiger partial charge on any atom is -0.00205 e. The molecule has 0 spiro atoms. The summed E-state index contributed by atoms with van der Waals surface area (Å²) in [5, 5.41) is 3.64. The predicted molar refractivity (Wildman–Crippen MR) is 77.3 cm³/mol. The highest BCUT2D eigenvalue weighted by Crippen LogP contribution is 2.39. The minimum atomic E-state index is 0.527. The van der Waals surface area contributed by atoms with Crippen molar-refractivity contribution in [3.8, 4) is 0 Å². The summed E-state index contributed by atoms with van der Waals surface area (Å²) in [7, 11) is 0. The molecule has 0 unspecified atom stereocenters. The van der Waals surface area contributed by atoms with E-state index in [0.29, 0.717) is 5.41 Å². The van der Waals surface area contributed by atoms with Crippen LogP contribution in [0.25, 0.3) is 0 Å². The van der Waals surface area contributed by atoms with Crippen molar-refractivity contribution in [2.45, 2.75) is 72.6 Å². The maximum atomic E-state index is 3.64. The van der Waals surface area contributed by atoms with Crippen LogP contribution in [0.5, 0.6) is 0 Å². The highest BCUT2D eigenvalue weighted by Gasteiger charge is 2.29. The van der Waals surface area contributed by atoms with E-state index in [1.165, 1.54) is 58.0 Å². The molecule has 17 heavy (non-hydrogen) atoms. The smallest absolute Gasteiger partial charge is 0.00205 e. The molecule has 1 heteroatoms. The molecule has 1 aliphatic rings. The second-order valence-electron chi connectivity index (χ2n) is 6.99. The second-order valence-corrected chi connectivity index (χ2v) is 6.99. The molecule has 102 valence electrons. The normalized spacial score (nSPS) is 26.1. The van der Waals surface area contributed by atoms with E-state index in [9.17, 15) is 0 Å². The van der Waals surface area contributed by atoms with E-state index in [0.717, 1.165) is 11.8 Å². The lowest BCUT2D eigenvalue weighted by atomic mass is 9.70. The highest BCUT2D eigenvalue weighted by molar-refractivity contribution is 4.81. The molecule has 1 N–H and O–H groups in total. The molecular weight excluding hydrogens is 206 g/mol. The van der Waals surface area contributed by atoms with Gasteiger partial charge in [-0.3, -0.25) is 0 Å². The molecular formula is C16H33N. The molecule has 0 amide bonds. The number of unbranched alkanes of at least 4 members (excludes halogenated alkanes) is 2. The van der Waals surface area contributed by atoms with Gasteiger partial charge in [-0.2, -0.15) is 0 Å². The minimum Gasteiger partial charge on any atom is -0.316 e. The molecule has 1 nitrogen and oxygen atoms in total. The fraction of sp³-hybridized carbons (Fsp3) is 1.00. The molecule has 1 saturated carbocycles. The summed E-state index contributed by atoms with van der Waals surface area (Å²) in [6, 6.07) is 0. The Morgan fingerprint density at radius 1 is 1.00 bits per heavy atom. The molecule has 0 heterocycles. The molecule has 1 fully saturated rings. The lowest BCUT2D eigenvalue weighted by molar-refractivity contribution is 0.149. The van der Waals surface area contributed by atoms with Crippen molar-refractivity contribution >= 4 is 0 Å².